The van der Waals surface area contributed by atoms with Gasteiger partial charge in [0, 0.05) is 23.7 Å². The molecule has 28 heavy (non-hydrogen) atoms. The van der Waals surface area contributed by atoms with E-state index in [1.807, 2.05) is 6.92 Å². The lowest BCUT2D eigenvalue weighted by Gasteiger charge is -2.31. The van der Waals surface area contributed by atoms with E-state index in [1.54, 1.807) is 13.0 Å². The molecule has 0 aliphatic carbocycles. The molecule has 3 rings (SSSR count). The minimum atomic E-state index is -4.77. The van der Waals surface area contributed by atoms with Crippen LogP contribution in [0.3, 0.4) is 0 Å². The second-order valence-corrected chi connectivity index (χ2v) is 8.49. The van der Waals surface area contributed by atoms with Crippen molar-refractivity contribution < 1.29 is 33.8 Å². The van der Waals surface area contributed by atoms with Crippen molar-refractivity contribution in [1.29, 1.82) is 0 Å². The molecule has 5 N–H and O–H groups in total. The van der Waals surface area contributed by atoms with Crippen LogP contribution in [0.5, 0.6) is 0 Å². The van der Waals surface area contributed by atoms with Crippen LogP contribution < -0.4 is 5.69 Å². The van der Waals surface area contributed by atoms with E-state index >= 15 is 0 Å². The Morgan fingerprint density at radius 1 is 1.39 bits per heavy atom. The quantitative estimate of drug-likeness (QED) is 0.416. The minimum absolute atomic E-state index is 0.100. The molecule has 156 valence electrons. The van der Waals surface area contributed by atoms with E-state index in [0.717, 1.165) is 10.3 Å². The number of phosphoric acid groups is 1. The van der Waals surface area contributed by atoms with E-state index in [9.17, 15) is 19.6 Å². The Labute approximate surface area is 160 Å². The lowest BCUT2D eigenvalue weighted by molar-refractivity contribution is -0.0707. The average molecular weight is 417 g/mol. The summed E-state index contributed by atoms with van der Waals surface area (Å²) in [5, 5.41) is 21.4. The summed E-state index contributed by atoms with van der Waals surface area (Å²) in [6.07, 6.45) is -3.42. The van der Waals surface area contributed by atoms with Gasteiger partial charge in [0.2, 0.25) is 0 Å². The van der Waals surface area contributed by atoms with Crippen molar-refractivity contribution >= 4 is 18.9 Å². The van der Waals surface area contributed by atoms with Crippen LogP contribution in [0.1, 0.15) is 38.6 Å². The van der Waals surface area contributed by atoms with Gasteiger partial charge in [-0.3, -0.25) is 9.09 Å². The standard InChI is InChI=1S/C16H24N3O8P/c1-4-16(3,27-28(23,24)25)6-10-11(20)12(21)14(26-10)19-7-9-5-8(2)17-13(9)18-15(19)22/h5,7,10-12,14,20-21H,4,6H2,1-3H3,(H,17,18,22)(H2,23,24,25)/t10-,11-,12-,14-,16?/m1/s1. The molecule has 2 aromatic heterocycles. The maximum absolute atomic E-state index is 12.3. The Kier molecular flexibility index (Phi) is 5.54. The number of aliphatic hydroxyl groups excluding tert-OH is 2. The van der Waals surface area contributed by atoms with Crippen LogP contribution in [0.4, 0.5) is 0 Å². The summed E-state index contributed by atoms with van der Waals surface area (Å²) in [4.78, 5) is 37.5. The van der Waals surface area contributed by atoms with Gasteiger partial charge in [-0.15, -0.1) is 0 Å². The van der Waals surface area contributed by atoms with Gasteiger partial charge >= 0.3 is 13.5 Å². The number of hydrogen-bond acceptors (Lipinski definition) is 7. The van der Waals surface area contributed by atoms with E-state index in [2.05, 4.69) is 9.97 Å². The van der Waals surface area contributed by atoms with Crippen LogP contribution in [-0.4, -0.2) is 58.4 Å². The van der Waals surface area contributed by atoms with Gasteiger partial charge in [0.1, 0.15) is 17.9 Å². The number of nitrogens with zero attached hydrogens (tertiary/aromatic N) is 2. The van der Waals surface area contributed by atoms with Gasteiger partial charge in [-0.05, 0) is 26.3 Å². The van der Waals surface area contributed by atoms with Gasteiger partial charge in [0.25, 0.3) is 0 Å². The van der Waals surface area contributed by atoms with Crippen LogP contribution >= 0.6 is 7.82 Å². The molecule has 1 aliphatic heterocycles. The van der Waals surface area contributed by atoms with Crippen LogP contribution in [-0.2, 0) is 13.8 Å². The summed E-state index contributed by atoms with van der Waals surface area (Å²) in [6.45, 7) is 4.95. The normalized spacial score (nSPS) is 28.0. The second kappa shape index (κ2) is 7.34. The first-order chi connectivity index (χ1) is 12.9. The number of nitrogens with one attached hydrogen (secondary N) is 1. The van der Waals surface area contributed by atoms with Crippen molar-refractivity contribution in [2.45, 2.75) is 63.8 Å². The summed E-state index contributed by atoms with van der Waals surface area (Å²) in [6, 6.07) is 1.77. The largest absolute Gasteiger partial charge is 0.470 e. The van der Waals surface area contributed by atoms with Crippen molar-refractivity contribution in [2.75, 3.05) is 0 Å². The van der Waals surface area contributed by atoms with Crippen LogP contribution in [0.25, 0.3) is 11.0 Å². The highest BCUT2D eigenvalue weighted by Gasteiger charge is 2.47. The Bertz CT molecular complexity index is 968. The Morgan fingerprint density at radius 2 is 2.07 bits per heavy atom. The first kappa shape index (κ1) is 21.1. The number of aliphatic hydroxyl groups is 2. The Morgan fingerprint density at radius 3 is 2.68 bits per heavy atom. The predicted octanol–water partition coefficient (Wildman–Crippen LogP) is 0.320. The van der Waals surface area contributed by atoms with Crippen molar-refractivity contribution in [1.82, 2.24) is 14.5 Å². The van der Waals surface area contributed by atoms with E-state index in [1.165, 1.54) is 13.1 Å². The van der Waals surface area contributed by atoms with Crippen LogP contribution in [0.15, 0.2) is 17.1 Å². The molecule has 1 aliphatic rings. The SMILES string of the molecule is CCC(C)(C[C@H]1O[C@@H](n2cc3cc(C)[nH]c3nc2=O)[C@H](O)[C@@H]1O)OP(=O)(O)O. The monoisotopic (exact) mass is 417 g/mol. The van der Waals surface area contributed by atoms with Crippen molar-refractivity contribution in [3.8, 4) is 0 Å². The first-order valence-electron chi connectivity index (χ1n) is 8.79. The highest BCUT2D eigenvalue weighted by atomic mass is 31.2. The molecular weight excluding hydrogens is 393 g/mol. The predicted molar refractivity (Wildman–Crippen MR) is 97.5 cm³/mol. The number of H-pyrrole nitrogens is 1. The lowest BCUT2D eigenvalue weighted by Crippen LogP contribution is -2.38. The van der Waals surface area contributed by atoms with Crippen LogP contribution in [0.2, 0.25) is 0 Å². The lowest BCUT2D eigenvalue weighted by atomic mass is 9.93. The highest BCUT2D eigenvalue weighted by molar-refractivity contribution is 7.46. The molecule has 1 saturated heterocycles. The van der Waals surface area contributed by atoms with E-state index in [0.29, 0.717) is 11.0 Å². The molecule has 1 fully saturated rings. The second-order valence-electron chi connectivity index (χ2n) is 7.32. The fraction of sp³-hybridized carbons (Fsp3) is 0.625. The average Bonchev–Trinajstić information content (AvgIpc) is 3.05. The third-order valence-corrected chi connectivity index (χ3v) is 5.68. The summed E-state index contributed by atoms with van der Waals surface area (Å²) < 4.78 is 22.9. The number of fused-ring (bicyclic) bond motifs is 1. The maximum atomic E-state index is 12.3. The molecule has 0 saturated carbocycles. The van der Waals surface area contributed by atoms with Gasteiger partial charge in [0.05, 0.1) is 11.7 Å². The summed E-state index contributed by atoms with van der Waals surface area (Å²) in [5.74, 6) is 0. The van der Waals surface area contributed by atoms with Crippen molar-refractivity contribution in [3.63, 3.8) is 0 Å². The first-order valence-corrected chi connectivity index (χ1v) is 10.3. The minimum Gasteiger partial charge on any atom is -0.388 e. The third kappa shape index (κ3) is 4.20. The summed E-state index contributed by atoms with van der Waals surface area (Å²) in [5.41, 5.74) is -0.767. The number of hydrogen-bond donors (Lipinski definition) is 5. The number of rotatable bonds is 6. The van der Waals surface area contributed by atoms with E-state index < -0.39 is 43.7 Å². The zero-order chi connectivity index (χ0) is 20.9. The molecule has 0 aromatic carbocycles. The fourth-order valence-electron chi connectivity index (χ4n) is 3.41. The third-order valence-electron chi connectivity index (χ3n) is 5.00. The number of aromatic amines is 1. The molecule has 0 bridgehead atoms. The van der Waals surface area contributed by atoms with Crippen molar-refractivity contribution in [3.05, 3.63) is 28.4 Å². The zero-order valence-corrected chi connectivity index (χ0v) is 16.5. The molecule has 0 spiro atoms. The highest BCUT2D eigenvalue weighted by Crippen LogP contribution is 2.45. The zero-order valence-electron chi connectivity index (χ0n) is 15.6. The molecule has 0 amide bonds. The Balaban J connectivity index is 1.87. The Hall–Kier alpha value is -1.59. The van der Waals surface area contributed by atoms with Crippen molar-refractivity contribution in [2.24, 2.45) is 0 Å². The fourth-order valence-corrected chi connectivity index (χ4v) is 4.19. The van der Waals surface area contributed by atoms with Gasteiger partial charge in [-0.25, -0.2) is 9.36 Å². The molecule has 3 heterocycles. The smallest absolute Gasteiger partial charge is 0.388 e. The molecule has 0 radical (unpaired) electrons. The van der Waals surface area contributed by atoms with Crippen LogP contribution in [0, 0.1) is 6.92 Å². The van der Waals surface area contributed by atoms with Gasteiger partial charge < -0.3 is 29.7 Å². The maximum Gasteiger partial charge on any atom is 0.470 e. The number of phosphoric ester groups is 1. The number of aromatic nitrogens is 3. The molecule has 11 nitrogen and oxygen atoms in total. The molecular formula is C16H24N3O8P. The summed E-state index contributed by atoms with van der Waals surface area (Å²) in [7, 11) is -4.77. The number of aryl methyl sites for hydroxylation is 1. The molecule has 1 unspecified atom stereocenters. The summed E-state index contributed by atoms with van der Waals surface area (Å²) >= 11 is 0. The number of ether oxygens (including phenoxy) is 1. The molecule has 5 atom stereocenters. The topological polar surface area (TPSA) is 167 Å². The van der Waals surface area contributed by atoms with Gasteiger partial charge in [-0.2, -0.15) is 4.98 Å². The molecule has 12 heteroatoms. The van der Waals surface area contributed by atoms with Gasteiger partial charge in [-0.1, -0.05) is 6.92 Å². The van der Waals surface area contributed by atoms with E-state index in [4.69, 9.17) is 19.0 Å². The molecule has 2 aromatic rings. The van der Waals surface area contributed by atoms with Gasteiger partial charge in [0.15, 0.2) is 6.23 Å². The van der Waals surface area contributed by atoms with E-state index in [-0.39, 0.29) is 12.8 Å².